The Morgan fingerprint density at radius 1 is 1.29 bits per heavy atom. The summed E-state index contributed by atoms with van der Waals surface area (Å²) in [5.41, 5.74) is 0.353. The fourth-order valence-electron chi connectivity index (χ4n) is 2.04. The van der Waals surface area contributed by atoms with Crippen molar-refractivity contribution < 1.29 is 19.4 Å². The summed E-state index contributed by atoms with van der Waals surface area (Å²) in [6.07, 6.45) is 0.0813. The second-order valence-electron chi connectivity index (χ2n) is 6.28. The average molecular weight is 293 g/mol. The van der Waals surface area contributed by atoms with Crippen LogP contribution < -0.4 is 14.8 Å². The van der Waals surface area contributed by atoms with E-state index in [2.05, 4.69) is 5.32 Å². The molecule has 2 N–H and O–H groups in total. The van der Waals surface area contributed by atoms with Gasteiger partial charge in [-0.1, -0.05) is 20.8 Å². The second-order valence-corrected chi connectivity index (χ2v) is 6.28. The predicted octanol–water partition coefficient (Wildman–Crippen LogP) is 1.98. The van der Waals surface area contributed by atoms with Crippen LogP contribution in [0.15, 0.2) is 18.2 Å². The summed E-state index contributed by atoms with van der Waals surface area (Å²) in [6, 6.07) is 5.14. The normalized spacial score (nSPS) is 15.4. The number of carbonyl (C=O) groups excluding carboxylic acids is 1. The van der Waals surface area contributed by atoms with Crippen LogP contribution in [0, 0.1) is 5.41 Å². The van der Waals surface area contributed by atoms with E-state index in [1.54, 1.807) is 18.2 Å². The van der Waals surface area contributed by atoms with Crippen molar-refractivity contribution in [2.75, 3.05) is 19.8 Å². The number of amides is 1. The van der Waals surface area contributed by atoms with Crippen LogP contribution in [-0.2, 0) is 0 Å². The number of rotatable bonds is 4. The van der Waals surface area contributed by atoms with Crippen molar-refractivity contribution in [3.05, 3.63) is 23.8 Å². The molecule has 0 aliphatic carbocycles. The molecule has 0 saturated heterocycles. The molecular weight excluding hydrogens is 270 g/mol. The highest BCUT2D eigenvalue weighted by atomic mass is 16.6. The Morgan fingerprint density at radius 3 is 2.62 bits per heavy atom. The maximum absolute atomic E-state index is 12.1. The summed E-state index contributed by atoms with van der Waals surface area (Å²) in [4.78, 5) is 12.1. The quantitative estimate of drug-likeness (QED) is 0.891. The molecule has 1 aromatic carbocycles. The standard InChI is InChI=1S/C16H23NO4/c1-16(2,3)14(18)6-7-17-15(19)11-4-5-12-13(10-11)21-9-8-20-12/h4-5,10,14,18H,6-9H2,1-3H3,(H,17,19)/t14-/m1/s1. The molecule has 1 aliphatic heterocycles. The van der Waals surface area contributed by atoms with E-state index in [0.29, 0.717) is 43.2 Å². The predicted molar refractivity (Wildman–Crippen MR) is 79.8 cm³/mol. The third-order valence-corrected chi connectivity index (χ3v) is 3.51. The van der Waals surface area contributed by atoms with Gasteiger partial charge in [-0.15, -0.1) is 0 Å². The second kappa shape index (κ2) is 6.35. The van der Waals surface area contributed by atoms with Gasteiger partial charge in [-0.05, 0) is 30.0 Å². The number of fused-ring (bicyclic) bond motifs is 1. The lowest BCUT2D eigenvalue weighted by Gasteiger charge is -2.25. The number of aliphatic hydroxyl groups excluding tert-OH is 1. The van der Waals surface area contributed by atoms with Gasteiger partial charge in [-0.2, -0.15) is 0 Å². The van der Waals surface area contributed by atoms with Gasteiger partial charge in [-0.3, -0.25) is 4.79 Å². The fourth-order valence-corrected chi connectivity index (χ4v) is 2.04. The van der Waals surface area contributed by atoms with Crippen LogP contribution in [0.5, 0.6) is 11.5 Å². The van der Waals surface area contributed by atoms with Gasteiger partial charge in [-0.25, -0.2) is 0 Å². The largest absolute Gasteiger partial charge is 0.486 e. The Bertz CT molecular complexity index is 507. The third kappa shape index (κ3) is 4.11. The van der Waals surface area contributed by atoms with Crippen molar-refractivity contribution in [3.63, 3.8) is 0 Å². The van der Waals surface area contributed by atoms with Gasteiger partial charge < -0.3 is 19.9 Å². The molecule has 0 aromatic heterocycles. The number of nitrogens with one attached hydrogen (secondary N) is 1. The molecule has 0 unspecified atom stereocenters. The van der Waals surface area contributed by atoms with Crippen molar-refractivity contribution in [3.8, 4) is 11.5 Å². The van der Waals surface area contributed by atoms with Crippen LogP contribution in [0.1, 0.15) is 37.6 Å². The minimum atomic E-state index is -0.446. The molecule has 116 valence electrons. The van der Waals surface area contributed by atoms with E-state index in [0.717, 1.165) is 0 Å². The lowest BCUT2D eigenvalue weighted by atomic mass is 9.87. The van der Waals surface area contributed by atoms with E-state index in [-0.39, 0.29) is 11.3 Å². The number of carbonyl (C=O) groups is 1. The first-order valence-electron chi connectivity index (χ1n) is 7.24. The molecule has 0 spiro atoms. The highest BCUT2D eigenvalue weighted by Gasteiger charge is 2.22. The average Bonchev–Trinajstić information content (AvgIpc) is 2.45. The van der Waals surface area contributed by atoms with Crippen molar-refractivity contribution in [2.45, 2.75) is 33.3 Å². The van der Waals surface area contributed by atoms with Gasteiger partial charge in [0.05, 0.1) is 6.10 Å². The topological polar surface area (TPSA) is 67.8 Å². The van der Waals surface area contributed by atoms with Gasteiger partial charge in [0.2, 0.25) is 0 Å². The van der Waals surface area contributed by atoms with Gasteiger partial charge >= 0.3 is 0 Å². The number of aliphatic hydroxyl groups is 1. The first kappa shape index (κ1) is 15.6. The lowest BCUT2D eigenvalue weighted by molar-refractivity contribution is 0.0551. The molecule has 5 nitrogen and oxygen atoms in total. The Kier molecular flexibility index (Phi) is 4.73. The minimum absolute atomic E-state index is 0.173. The smallest absolute Gasteiger partial charge is 0.251 e. The summed E-state index contributed by atoms with van der Waals surface area (Å²) in [5, 5.41) is 12.8. The van der Waals surface area contributed by atoms with E-state index in [4.69, 9.17) is 9.47 Å². The Hall–Kier alpha value is -1.75. The third-order valence-electron chi connectivity index (χ3n) is 3.51. The molecule has 1 heterocycles. The van der Waals surface area contributed by atoms with Crippen LogP contribution in [0.3, 0.4) is 0 Å². The molecule has 0 fully saturated rings. The maximum atomic E-state index is 12.1. The number of ether oxygens (including phenoxy) is 2. The number of hydrogen-bond acceptors (Lipinski definition) is 4. The Morgan fingerprint density at radius 2 is 1.95 bits per heavy atom. The van der Waals surface area contributed by atoms with Crippen LogP contribution in [0.2, 0.25) is 0 Å². The Balaban J connectivity index is 1.89. The minimum Gasteiger partial charge on any atom is -0.486 e. The van der Waals surface area contributed by atoms with Crippen molar-refractivity contribution >= 4 is 5.91 Å². The monoisotopic (exact) mass is 293 g/mol. The fraction of sp³-hybridized carbons (Fsp3) is 0.562. The van der Waals surface area contributed by atoms with E-state index in [1.165, 1.54) is 0 Å². The highest BCUT2D eigenvalue weighted by molar-refractivity contribution is 5.94. The maximum Gasteiger partial charge on any atom is 0.251 e. The lowest BCUT2D eigenvalue weighted by Crippen LogP contribution is -2.32. The summed E-state index contributed by atoms with van der Waals surface area (Å²) in [6.45, 7) is 7.38. The molecule has 0 radical (unpaired) electrons. The van der Waals surface area contributed by atoms with E-state index >= 15 is 0 Å². The van der Waals surface area contributed by atoms with Gasteiger partial charge in [0.1, 0.15) is 13.2 Å². The summed E-state index contributed by atoms with van der Waals surface area (Å²) in [5.74, 6) is 1.10. The number of benzene rings is 1. The molecule has 5 heteroatoms. The molecule has 1 aliphatic rings. The first-order chi connectivity index (χ1) is 9.88. The van der Waals surface area contributed by atoms with Crippen LogP contribution >= 0.6 is 0 Å². The van der Waals surface area contributed by atoms with E-state index in [9.17, 15) is 9.90 Å². The summed E-state index contributed by atoms with van der Waals surface area (Å²) < 4.78 is 10.9. The van der Waals surface area contributed by atoms with Gasteiger partial charge in [0.25, 0.3) is 5.91 Å². The highest BCUT2D eigenvalue weighted by Crippen LogP contribution is 2.30. The first-order valence-corrected chi connectivity index (χ1v) is 7.24. The summed E-state index contributed by atoms with van der Waals surface area (Å²) >= 11 is 0. The molecule has 0 bridgehead atoms. The molecule has 0 saturated carbocycles. The molecule has 21 heavy (non-hydrogen) atoms. The van der Waals surface area contributed by atoms with Crippen molar-refractivity contribution in [1.29, 1.82) is 0 Å². The van der Waals surface area contributed by atoms with Crippen LogP contribution in [-0.4, -0.2) is 36.9 Å². The van der Waals surface area contributed by atoms with Crippen LogP contribution in [0.25, 0.3) is 0 Å². The van der Waals surface area contributed by atoms with E-state index < -0.39 is 6.10 Å². The van der Waals surface area contributed by atoms with E-state index in [1.807, 2.05) is 20.8 Å². The van der Waals surface area contributed by atoms with Gasteiger partial charge in [0.15, 0.2) is 11.5 Å². The molecule has 1 aromatic rings. The molecule has 2 rings (SSSR count). The number of hydrogen-bond donors (Lipinski definition) is 2. The molecule has 1 amide bonds. The molecule has 1 atom stereocenters. The molecular formula is C16H23NO4. The summed E-state index contributed by atoms with van der Waals surface area (Å²) in [7, 11) is 0. The zero-order chi connectivity index (χ0) is 15.5. The van der Waals surface area contributed by atoms with Crippen LogP contribution in [0.4, 0.5) is 0 Å². The zero-order valence-electron chi connectivity index (χ0n) is 12.8. The van der Waals surface area contributed by atoms with Gasteiger partial charge in [0, 0.05) is 12.1 Å². The van der Waals surface area contributed by atoms with Crippen molar-refractivity contribution in [1.82, 2.24) is 5.32 Å². The van der Waals surface area contributed by atoms with Crippen molar-refractivity contribution in [2.24, 2.45) is 5.41 Å². The zero-order valence-corrected chi connectivity index (χ0v) is 12.8. The Labute approximate surface area is 125 Å². The SMILES string of the molecule is CC(C)(C)[C@H](O)CCNC(=O)c1ccc2c(c1)OCCO2.